The molecule has 2 aromatic carbocycles. The third kappa shape index (κ3) is 5.79. The minimum absolute atomic E-state index is 0.0138. The van der Waals surface area contributed by atoms with Gasteiger partial charge in [-0.25, -0.2) is 9.18 Å². The third-order valence-electron chi connectivity index (χ3n) is 4.06. The number of amides is 3. The summed E-state index contributed by atoms with van der Waals surface area (Å²) < 4.78 is 13.7. The van der Waals surface area contributed by atoms with Crippen LogP contribution in [-0.2, 0) is 4.79 Å². The van der Waals surface area contributed by atoms with E-state index in [0.717, 1.165) is 5.56 Å². The zero-order chi connectivity index (χ0) is 20.0. The van der Waals surface area contributed by atoms with Crippen molar-refractivity contribution >= 4 is 23.3 Å². The summed E-state index contributed by atoms with van der Waals surface area (Å²) in [6.07, 6.45) is 0. The molecule has 6 nitrogen and oxygen atoms in total. The normalized spacial score (nSPS) is 13.0. The van der Waals surface area contributed by atoms with E-state index in [1.54, 1.807) is 0 Å². The average molecular weight is 372 g/mol. The fourth-order valence-corrected chi connectivity index (χ4v) is 3.03. The number of benzene rings is 2. The minimum atomic E-state index is -0.568. The summed E-state index contributed by atoms with van der Waals surface area (Å²) in [6.45, 7) is 3.21. The number of likely N-dealkylation sites (N-methyl/N-ethyl adjacent to an activating group) is 1. The first kappa shape index (κ1) is 20.4. The van der Waals surface area contributed by atoms with Crippen molar-refractivity contribution in [2.45, 2.75) is 25.9 Å². The van der Waals surface area contributed by atoms with Gasteiger partial charge in [-0.3, -0.25) is 4.79 Å². The number of carbonyl (C=O) groups is 2. The van der Waals surface area contributed by atoms with E-state index in [1.165, 1.54) is 25.1 Å². The monoisotopic (exact) mass is 372 g/mol. The van der Waals surface area contributed by atoms with E-state index in [1.807, 2.05) is 56.3 Å². The largest absolute Gasteiger partial charge is 0.333 e. The highest BCUT2D eigenvalue weighted by Gasteiger charge is 2.23. The van der Waals surface area contributed by atoms with E-state index in [0.29, 0.717) is 5.69 Å². The number of urea groups is 1. The SMILES string of the molecule is CC(=O)Nc1cc(NC(=O)N[C@H](C)[C@@H](c2ccccc2)N(C)C)ccc1F. The van der Waals surface area contributed by atoms with Crippen molar-refractivity contribution in [3.8, 4) is 0 Å². The standard InChI is InChI=1S/C20H25FN4O2/c1-13(19(25(3)4)15-8-6-5-7-9-15)22-20(27)24-16-10-11-17(21)18(12-16)23-14(2)26/h5-13,19H,1-4H3,(H,23,26)(H2,22,24,27)/t13-,19+/m1/s1. The lowest BCUT2D eigenvalue weighted by molar-refractivity contribution is -0.114. The molecule has 0 aliphatic carbocycles. The molecule has 3 N–H and O–H groups in total. The number of nitrogens with zero attached hydrogens (tertiary/aromatic N) is 1. The third-order valence-corrected chi connectivity index (χ3v) is 4.06. The molecule has 0 fully saturated rings. The predicted octanol–water partition coefficient (Wildman–Crippen LogP) is 3.60. The molecular formula is C20H25FN4O2. The zero-order valence-corrected chi connectivity index (χ0v) is 15.9. The molecule has 0 saturated heterocycles. The van der Waals surface area contributed by atoms with Crippen LogP contribution in [0.3, 0.4) is 0 Å². The highest BCUT2D eigenvalue weighted by atomic mass is 19.1. The number of nitrogens with one attached hydrogen (secondary N) is 3. The van der Waals surface area contributed by atoms with Crippen LogP contribution in [0.5, 0.6) is 0 Å². The molecule has 0 saturated carbocycles. The topological polar surface area (TPSA) is 73.5 Å². The maximum atomic E-state index is 13.7. The van der Waals surface area contributed by atoms with E-state index in [4.69, 9.17) is 0 Å². The summed E-state index contributed by atoms with van der Waals surface area (Å²) in [4.78, 5) is 25.5. The molecule has 0 aliphatic heterocycles. The van der Waals surface area contributed by atoms with Crippen molar-refractivity contribution in [2.24, 2.45) is 0 Å². The van der Waals surface area contributed by atoms with Crippen molar-refractivity contribution < 1.29 is 14.0 Å². The number of anilines is 2. The Morgan fingerprint density at radius 1 is 1.04 bits per heavy atom. The van der Waals surface area contributed by atoms with Crippen LogP contribution in [-0.4, -0.2) is 37.0 Å². The highest BCUT2D eigenvalue weighted by molar-refractivity contribution is 5.92. The molecule has 27 heavy (non-hydrogen) atoms. The Hall–Kier alpha value is -2.93. The summed E-state index contributed by atoms with van der Waals surface area (Å²) in [7, 11) is 3.90. The summed E-state index contributed by atoms with van der Waals surface area (Å²) in [5.74, 6) is -0.956. The van der Waals surface area contributed by atoms with Gasteiger partial charge in [-0.15, -0.1) is 0 Å². The number of hydrogen-bond acceptors (Lipinski definition) is 3. The summed E-state index contributed by atoms with van der Waals surface area (Å²) in [6, 6.07) is 13.3. The minimum Gasteiger partial charge on any atom is -0.333 e. The average Bonchev–Trinajstić information content (AvgIpc) is 2.58. The molecule has 2 atom stereocenters. The molecule has 144 valence electrons. The van der Waals surface area contributed by atoms with Gasteiger partial charge in [0.15, 0.2) is 0 Å². The first-order chi connectivity index (χ1) is 12.8. The van der Waals surface area contributed by atoms with Crippen LogP contribution < -0.4 is 16.0 Å². The van der Waals surface area contributed by atoms with Crippen LogP contribution in [0.15, 0.2) is 48.5 Å². The van der Waals surface area contributed by atoms with Crippen LogP contribution >= 0.6 is 0 Å². The second kappa shape index (κ2) is 9.14. The number of rotatable bonds is 6. The van der Waals surface area contributed by atoms with Crippen LogP contribution in [0.25, 0.3) is 0 Å². The van der Waals surface area contributed by atoms with E-state index in [-0.39, 0.29) is 23.7 Å². The first-order valence-electron chi connectivity index (χ1n) is 8.64. The molecule has 0 spiro atoms. The summed E-state index contributed by atoms with van der Waals surface area (Å²) >= 11 is 0. The summed E-state index contributed by atoms with van der Waals surface area (Å²) in [5, 5.41) is 7.97. The second-order valence-corrected chi connectivity index (χ2v) is 6.58. The molecule has 7 heteroatoms. The second-order valence-electron chi connectivity index (χ2n) is 6.58. The Labute approximate surface area is 158 Å². The first-order valence-corrected chi connectivity index (χ1v) is 8.64. The fraction of sp³-hybridized carbons (Fsp3) is 0.300. The molecule has 3 amide bonds. The summed E-state index contributed by atoms with van der Waals surface area (Å²) in [5.41, 5.74) is 1.49. The van der Waals surface area contributed by atoms with Crippen molar-refractivity contribution in [3.05, 3.63) is 59.9 Å². The predicted molar refractivity (Wildman–Crippen MR) is 105 cm³/mol. The maximum Gasteiger partial charge on any atom is 0.319 e. The molecule has 0 aromatic heterocycles. The van der Waals surface area contributed by atoms with Gasteiger partial charge >= 0.3 is 6.03 Å². The van der Waals surface area contributed by atoms with Crippen LogP contribution in [0, 0.1) is 5.82 Å². The van der Waals surface area contributed by atoms with E-state index in [9.17, 15) is 14.0 Å². The lowest BCUT2D eigenvalue weighted by Gasteiger charge is -2.31. The maximum absolute atomic E-state index is 13.7. The van der Waals surface area contributed by atoms with E-state index in [2.05, 4.69) is 16.0 Å². The number of carbonyl (C=O) groups excluding carboxylic acids is 2. The van der Waals surface area contributed by atoms with Crippen LogP contribution in [0.1, 0.15) is 25.5 Å². The van der Waals surface area contributed by atoms with Crippen molar-refractivity contribution in [3.63, 3.8) is 0 Å². The number of hydrogen-bond donors (Lipinski definition) is 3. The van der Waals surface area contributed by atoms with Gasteiger partial charge < -0.3 is 20.9 Å². The Kier molecular flexibility index (Phi) is 6.90. The Morgan fingerprint density at radius 2 is 1.70 bits per heavy atom. The lowest BCUT2D eigenvalue weighted by Crippen LogP contribution is -2.44. The van der Waals surface area contributed by atoms with Gasteiger partial charge in [-0.1, -0.05) is 30.3 Å². The molecule has 0 bridgehead atoms. The van der Waals surface area contributed by atoms with Crippen molar-refractivity contribution in [1.82, 2.24) is 10.2 Å². The van der Waals surface area contributed by atoms with Gasteiger partial charge in [0.05, 0.1) is 11.7 Å². The molecule has 0 radical (unpaired) electrons. The Balaban J connectivity index is 2.07. The molecule has 0 aliphatic rings. The van der Waals surface area contributed by atoms with Crippen molar-refractivity contribution in [2.75, 3.05) is 24.7 Å². The smallest absolute Gasteiger partial charge is 0.319 e. The van der Waals surface area contributed by atoms with Crippen molar-refractivity contribution in [1.29, 1.82) is 0 Å². The molecule has 2 aromatic rings. The molecular weight excluding hydrogens is 347 g/mol. The van der Waals surface area contributed by atoms with Gasteiger partial charge in [-0.05, 0) is 44.8 Å². The van der Waals surface area contributed by atoms with Gasteiger partial charge in [0.25, 0.3) is 0 Å². The lowest BCUT2D eigenvalue weighted by atomic mass is 9.99. The molecule has 0 heterocycles. The molecule has 0 unspecified atom stereocenters. The quantitative estimate of drug-likeness (QED) is 0.725. The van der Waals surface area contributed by atoms with Gasteiger partial charge in [0.1, 0.15) is 5.82 Å². The highest BCUT2D eigenvalue weighted by Crippen LogP contribution is 2.23. The Bertz CT molecular complexity index is 796. The van der Waals surface area contributed by atoms with E-state index < -0.39 is 11.8 Å². The Morgan fingerprint density at radius 3 is 2.30 bits per heavy atom. The van der Waals surface area contributed by atoms with Gasteiger partial charge in [0.2, 0.25) is 5.91 Å². The van der Waals surface area contributed by atoms with Crippen LogP contribution in [0.4, 0.5) is 20.6 Å². The fourth-order valence-electron chi connectivity index (χ4n) is 3.03. The zero-order valence-electron chi connectivity index (χ0n) is 15.9. The van der Waals surface area contributed by atoms with Gasteiger partial charge in [-0.2, -0.15) is 0 Å². The molecule has 2 rings (SSSR count). The van der Waals surface area contributed by atoms with E-state index >= 15 is 0 Å². The van der Waals surface area contributed by atoms with Crippen LogP contribution in [0.2, 0.25) is 0 Å². The van der Waals surface area contributed by atoms with Gasteiger partial charge in [0, 0.05) is 18.7 Å². The number of halogens is 1.